The van der Waals surface area contributed by atoms with E-state index in [0.717, 1.165) is 23.9 Å². The smallest absolute Gasteiger partial charge is 0.0121 e. The SMILES string of the molecule is CC1(C)CCC1NC1CCC2CC21. The molecule has 74 valence electrons. The Balaban J connectivity index is 1.57. The van der Waals surface area contributed by atoms with E-state index in [0.29, 0.717) is 5.41 Å². The van der Waals surface area contributed by atoms with Gasteiger partial charge in [0.1, 0.15) is 0 Å². The fraction of sp³-hybridized carbons (Fsp3) is 1.00. The molecule has 1 heteroatoms. The monoisotopic (exact) mass is 179 g/mol. The third-order valence-corrected chi connectivity index (χ3v) is 4.78. The first-order valence-corrected chi connectivity index (χ1v) is 5.93. The number of hydrogen-bond acceptors (Lipinski definition) is 1. The number of rotatable bonds is 2. The molecule has 3 rings (SSSR count). The summed E-state index contributed by atoms with van der Waals surface area (Å²) in [6, 6.07) is 1.73. The lowest BCUT2D eigenvalue weighted by Gasteiger charge is -2.46. The number of hydrogen-bond donors (Lipinski definition) is 1. The molecule has 0 aliphatic heterocycles. The van der Waals surface area contributed by atoms with Gasteiger partial charge in [0.05, 0.1) is 0 Å². The van der Waals surface area contributed by atoms with Gasteiger partial charge in [0, 0.05) is 12.1 Å². The third kappa shape index (κ3) is 1.24. The molecule has 0 aromatic heterocycles. The molecule has 0 amide bonds. The first-order valence-electron chi connectivity index (χ1n) is 5.93. The van der Waals surface area contributed by atoms with E-state index >= 15 is 0 Å². The Labute approximate surface area is 81.3 Å². The molecule has 0 bridgehead atoms. The predicted molar refractivity (Wildman–Crippen MR) is 54.6 cm³/mol. The molecule has 4 unspecified atom stereocenters. The van der Waals surface area contributed by atoms with E-state index in [-0.39, 0.29) is 0 Å². The molecule has 13 heavy (non-hydrogen) atoms. The molecule has 3 aliphatic rings. The normalized spacial score (nSPS) is 51.2. The zero-order valence-electron chi connectivity index (χ0n) is 8.84. The second kappa shape index (κ2) is 2.50. The van der Waals surface area contributed by atoms with Crippen molar-refractivity contribution in [3.63, 3.8) is 0 Å². The highest BCUT2D eigenvalue weighted by atomic mass is 15.0. The van der Waals surface area contributed by atoms with Gasteiger partial charge in [-0.3, -0.25) is 0 Å². The Morgan fingerprint density at radius 1 is 1.15 bits per heavy atom. The minimum absolute atomic E-state index is 0.590. The van der Waals surface area contributed by atoms with Gasteiger partial charge in [-0.05, 0) is 49.4 Å². The van der Waals surface area contributed by atoms with Crippen molar-refractivity contribution in [1.29, 1.82) is 0 Å². The van der Waals surface area contributed by atoms with E-state index in [1.54, 1.807) is 0 Å². The van der Waals surface area contributed by atoms with Crippen LogP contribution in [0.2, 0.25) is 0 Å². The second-order valence-electron chi connectivity index (χ2n) is 6.09. The van der Waals surface area contributed by atoms with Crippen molar-refractivity contribution in [1.82, 2.24) is 5.32 Å². The summed E-state index contributed by atoms with van der Waals surface area (Å²) in [5.41, 5.74) is 0.590. The van der Waals surface area contributed by atoms with E-state index in [4.69, 9.17) is 0 Å². The highest BCUT2D eigenvalue weighted by Gasteiger charge is 2.50. The van der Waals surface area contributed by atoms with E-state index in [2.05, 4.69) is 19.2 Å². The van der Waals surface area contributed by atoms with Gasteiger partial charge in [-0.2, -0.15) is 0 Å². The summed E-state index contributed by atoms with van der Waals surface area (Å²) < 4.78 is 0. The lowest BCUT2D eigenvalue weighted by molar-refractivity contribution is 0.0954. The van der Waals surface area contributed by atoms with Gasteiger partial charge < -0.3 is 5.32 Å². The highest BCUT2D eigenvalue weighted by molar-refractivity contribution is 5.05. The molecule has 0 saturated heterocycles. The van der Waals surface area contributed by atoms with Crippen LogP contribution in [0.3, 0.4) is 0 Å². The molecule has 3 saturated carbocycles. The van der Waals surface area contributed by atoms with Crippen molar-refractivity contribution in [3.8, 4) is 0 Å². The van der Waals surface area contributed by atoms with Crippen LogP contribution in [0.1, 0.15) is 46.0 Å². The lowest BCUT2D eigenvalue weighted by atomic mass is 9.67. The van der Waals surface area contributed by atoms with Crippen molar-refractivity contribution in [2.75, 3.05) is 0 Å². The van der Waals surface area contributed by atoms with Crippen molar-refractivity contribution in [3.05, 3.63) is 0 Å². The van der Waals surface area contributed by atoms with Crippen LogP contribution in [-0.4, -0.2) is 12.1 Å². The van der Waals surface area contributed by atoms with Gasteiger partial charge in [-0.25, -0.2) is 0 Å². The van der Waals surface area contributed by atoms with Gasteiger partial charge >= 0.3 is 0 Å². The molecule has 0 radical (unpaired) electrons. The van der Waals surface area contributed by atoms with E-state index in [9.17, 15) is 0 Å². The predicted octanol–water partition coefficient (Wildman–Crippen LogP) is 2.56. The quantitative estimate of drug-likeness (QED) is 0.687. The van der Waals surface area contributed by atoms with Gasteiger partial charge in [-0.15, -0.1) is 0 Å². The van der Waals surface area contributed by atoms with Crippen molar-refractivity contribution in [2.45, 2.75) is 58.0 Å². The summed E-state index contributed by atoms with van der Waals surface area (Å²) in [5.74, 6) is 2.21. The Morgan fingerprint density at radius 2 is 2.00 bits per heavy atom. The Hall–Kier alpha value is -0.0400. The zero-order valence-corrected chi connectivity index (χ0v) is 8.84. The van der Waals surface area contributed by atoms with E-state index < -0.39 is 0 Å². The van der Waals surface area contributed by atoms with Crippen LogP contribution in [0, 0.1) is 17.3 Å². The Bertz CT molecular complexity index is 221. The summed E-state index contributed by atoms with van der Waals surface area (Å²) in [4.78, 5) is 0. The molecule has 0 heterocycles. The van der Waals surface area contributed by atoms with E-state index in [1.165, 1.54) is 32.1 Å². The summed E-state index contributed by atoms with van der Waals surface area (Å²) in [5, 5.41) is 3.90. The van der Waals surface area contributed by atoms with Crippen LogP contribution in [0.25, 0.3) is 0 Å². The van der Waals surface area contributed by atoms with Gasteiger partial charge in [0.15, 0.2) is 0 Å². The maximum atomic E-state index is 3.90. The zero-order chi connectivity index (χ0) is 9.05. The van der Waals surface area contributed by atoms with Crippen LogP contribution >= 0.6 is 0 Å². The topological polar surface area (TPSA) is 12.0 Å². The first-order chi connectivity index (χ1) is 6.17. The highest BCUT2D eigenvalue weighted by Crippen LogP contribution is 2.53. The molecule has 3 fully saturated rings. The third-order valence-electron chi connectivity index (χ3n) is 4.78. The van der Waals surface area contributed by atoms with Gasteiger partial charge in [-0.1, -0.05) is 13.8 Å². The maximum Gasteiger partial charge on any atom is 0.0121 e. The molecule has 1 N–H and O–H groups in total. The summed E-state index contributed by atoms with van der Waals surface area (Å²) in [6.07, 6.45) is 7.34. The first kappa shape index (κ1) is 8.28. The molecule has 0 aromatic rings. The number of nitrogens with one attached hydrogen (secondary N) is 1. The van der Waals surface area contributed by atoms with Crippen LogP contribution < -0.4 is 5.32 Å². The lowest BCUT2D eigenvalue weighted by Crippen LogP contribution is -2.53. The standard InChI is InChI=1S/C12H21N/c1-12(2)6-5-11(12)13-10-4-3-8-7-9(8)10/h8-11,13H,3-7H2,1-2H3. The molecule has 0 aromatic carbocycles. The summed E-state index contributed by atoms with van der Waals surface area (Å²) in [6.45, 7) is 4.82. The van der Waals surface area contributed by atoms with Gasteiger partial charge in [0.25, 0.3) is 0 Å². The molecular weight excluding hydrogens is 158 g/mol. The summed E-state index contributed by atoms with van der Waals surface area (Å²) in [7, 11) is 0. The van der Waals surface area contributed by atoms with Crippen LogP contribution in [0.15, 0.2) is 0 Å². The molecular formula is C12H21N. The fourth-order valence-electron chi connectivity index (χ4n) is 3.34. The second-order valence-corrected chi connectivity index (χ2v) is 6.09. The minimum atomic E-state index is 0.590. The van der Waals surface area contributed by atoms with Gasteiger partial charge in [0.2, 0.25) is 0 Å². The molecule has 3 aliphatic carbocycles. The molecule has 1 nitrogen and oxygen atoms in total. The van der Waals surface area contributed by atoms with E-state index in [1.807, 2.05) is 0 Å². The minimum Gasteiger partial charge on any atom is -0.310 e. The maximum absolute atomic E-state index is 3.90. The Morgan fingerprint density at radius 3 is 2.38 bits per heavy atom. The largest absolute Gasteiger partial charge is 0.310 e. The number of fused-ring (bicyclic) bond motifs is 1. The van der Waals surface area contributed by atoms with Crippen LogP contribution in [-0.2, 0) is 0 Å². The summed E-state index contributed by atoms with van der Waals surface area (Å²) >= 11 is 0. The average molecular weight is 179 g/mol. The molecule has 0 spiro atoms. The van der Waals surface area contributed by atoms with Crippen LogP contribution in [0.5, 0.6) is 0 Å². The fourth-order valence-corrected chi connectivity index (χ4v) is 3.34. The van der Waals surface area contributed by atoms with Crippen molar-refractivity contribution >= 4 is 0 Å². The average Bonchev–Trinajstić information content (AvgIpc) is 2.76. The van der Waals surface area contributed by atoms with Crippen LogP contribution in [0.4, 0.5) is 0 Å². The van der Waals surface area contributed by atoms with Crippen molar-refractivity contribution in [2.24, 2.45) is 17.3 Å². The molecule has 4 atom stereocenters. The van der Waals surface area contributed by atoms with Crippen molar-refractivity contribution < 1.29 is 0 Å². The Kier molecular flexibility index (Phi) is 1.59.